The molecule has 0 aliphatic rings. The van der Waals surface area contributed by atoms with Crippen molar-refractivity contribution >= 4 is 15.9 Å². The van der Waals surface area contributed by atoms with Crippen LogP contribution in [-0.2, 0) is 0 Å². The molecule has 3 heteroatoms. The summed E-state index contributed by atoms with van der Waals surface area (Å²) in [4.78, 5) is 2.34. The normalized spacial score (nSPS) is 12.4. The van der Waals surface area contributed by atoms with Gasteiger partial charge < -0.3 is 5.32 Å². The van der Waals surface area contributed by atoms with E-state index in [0.717, 1.165) is 30.5 Å². The van der Waals surface area contributed by atoms with Crippen LogP contribution < -0.4 is 5.32 Å². The molecule has 0 aliphatic carbocycles. The first-order valence-corrected chi connectivity index (χ1v) is 7.37. The highest BCUT2D eigenvalue weighted by Gasteiger charge is 2.10. The topological polar surface area (TPSA) is 15.3 Å². The molecule has 1 atom stereocenters. The molecule has 104 valence electrons. The number of hydrogen-bond acceptors (Lipinski definition) is 2. The number of rotatable bonds is 9. The summed E-state index contributed by atoms with van der Waals surface area (Å²) in [7, 11) is 2.01. The molecule has 0 saturated heterocycles. The second kappa shape index (κ2) is 9.08. The van der Waals surface area contributed by atoms with E-state index in [1.54, 1.807) is 0 Å². The second-order valence-corrected chi connectivity index (χ2v) is 5.43. The first-order chi connectivity index (χ1) is 9.21. The van der Waals surface area contributed by atoms with Crippen LogP contribution in [0.4, 0.5) is 0 Å². The van der Waals surface area contributed by atoms with Crippen LogP contribution in [0.5, 0.6) is 0 Å². The zero-order chi connectivity index (χ0) is 14.1. The van der Waals surface area contributed by atoms with Gasteiger partial charge in [0.15, 0.2) is 0 Å². The Bertz CT molecular complexity index is 376. The van der Waals surface area contributed by atoms with Crippen LogP contribution in [0.2, 0.25) is 0 Å². The molecule has 0 radical (unpaired) electrons. The van der Waals surface area contributed by atoms with Crippen molar-refractivity contribution in [1.82, 2.24) is 10.2 Å². The summed E-state index contributed by atoms with van der Waals surface area (Å²) < 4.78 is 1.12. The number of halogens is 1. The minimum Gasteiger partial charge on any atom is -0.313 e. The maximum Gasteiger partial charge on any atom is 0.0329 e. The van der Waals surface area contributed by atoms with E-state index in [9.17, 15) is 0 Å². The Labute approximate surface area is 125 Å². The van der Waals surface area contributed by atoms with Gasteiger partial charge in [-0.3, -0.25) is 4.90 Å². The Morgan fingerprint density at radius 2 is 1.79 bits per heavy atom. The zero-order valence-electron chi connectivity index (χ0n) is 11.6. The summed E-state index contributed by atoms with van der Waals surface area (Å²) in [5, 5.41) is 3.38. The van der Waals surface area contributed by atoms with E-state index in [0.29, 0.717) is 6.04 Å². The molecular weight excluding hydrogens is 300 g/mol. The third-order valence-corrected chi connectivity index (χ3v) is 3.66. The Balaban J connectivity index is 2.58. The molecule has 1 aromatic carbocycles. The molecular formula is C16H23BrN2. The van der Waals surface area contributed by atoms with Gasteiger partial charge in [0.1, 0.15) is 0 Å². The number of nitrogens with one attached hydrogen (secondary N) is 1. The Morgan fingerprint density at radius 1 is 1.21 bits per heavy atom. The third kappa shape index (κ3) is 5.72. The van der Waals surface area contributed by atoms with Gasteiger partial charge in [-0.05, 0) is 31.2 Å². The largest absolute Gasteiger partial charge is 0.313 e. The lowest BCUT2D eigenvalue weighted by molar-refractivity contribution is 0.311. The van der Waals surface area contributed by atoms with Crippen molar-refractivity contribution in [2.24, 2.45) is 0 Å². The molecule has 1 aromatic rings. The van der Waals surface area contributed by atoms with E-state index in [-0.39, 0.29) is 0 Å². The van der Waals surface area contributed by atoms with E-state index >= 15 is 0 Å². The quantitative estimate of drug-likeness (QED) is 0.696. The van der Waals surface area contributed by atoms with Crippen LogP contribution in [0.15, 0.2) is 54.0 Å². The van der Waals surface area contributed by atoms with Gasteiger partial charge in [-0.1, -0.05) is 40.2 Å². The van der Waals surface area contributed by atoms with Crippen LogP contribution in [0.3, 0.4) is 0 Å². The lowest BCUT2D eigenvalue weighted by atomic mass is 10.0. The molecule has 0 aliphatic heterocycles. The van der Waals surface area contributed by atoms with Gasteiger partial charge in [0.25, 0.3) is 0 Å². The Morgan fingerprint density at radius 3 is 2.26 bits per heavy atom. The van der Waals surface area contributed by atoms with Gasteiger partial charge in [-0.25, -0.2) is 0 Å². The third-order valence-electron chi connectivity index (χ3n) is 3.13. The fraction of sp³-hybridized carbons (Fsp3) is 0.375. The average molecular weight is 323 g/mol. The standard InChI is InChI=1S/C16H23BrN2/c1-4-11-19(12-5-2)13-10-16(18-3)14-6-8-15(17)9-7-14/h4-9,16,18H,1-2,10-13H2,3H3. The molecule has 2 nitrogen and oxygen atoms in total. The summed E-state index contributed by atoms with van der Waals surface area (Å²) in [5.74, 6) is 0. The molecule has 1 rings (SSSR count). The first kappa shape index (κ1) is 16.2. The summed E-state index contributed by atoms with van der Waals surface area (Å²) in [5.41, 5.74) is 1.32. The van der Waals surface area contributed by atoms with Crippen molar-refractivity contribution in [3.8, 4) is 0 Å². The molecule has 19 heavy (non-hydrogen) atoms. The van der Waals surface area contributed by atoms with Crippen molar-refractivity contribution in [3.05, 3.63) is 59.6 Å². The second-order valence-electron chi connectivity index (χ2n) is 4.52. The predicted octanol–water partition coefficient (Wildman–Crippen LogP) is 3.77. The highest BCUT2D eigenvalue weighted by atomic mass is 79.9. The Hall–Kier alpha value is -0.900. The van der Waals surface area contributed by atoms with E-state index in [1.807, 2.05) is 19.2 Å². The van der Waals surface area contributed by atoms with E-state index in [4.69, 9.17) is 0 Å². The number of benzene rings is 1. The van der Waals surface area contributed by atoms with Crippen LogP contribution in [0.1, 0.15) is 18.0 Å². The maximum atomic E-state index is 3.80. The lowest BCUT2D eigenvalue weighted by Crippen LogP contribution is -2.28. The van der Waals surface area contributed by atoms with Gasteiger partial charge in [0.2, 0.25) is 0 Å². The lowest BCUT2D eigenvalue weighted by Gasteiger charge is -2.23. The van der Waals surface area contributed by atoms with Crippen molar-refractivity contribution in [2.45, 2.75) is 12.5 Å². The van der Waals surface area contributed by atoms with Gasteiger partial charge in [-0.2, -0.15) is 0 Å². The maximum absolute atomic E-state index is 3.80. The molecule has 0 aromatic heterocycles. The fourth-order valence-corrected chi connectivity index (χ4v) is 2.37. The van der Waals surface area contributed by atoms with Crippen LogP contribution in [-0.4, -0.2) is 31.6 Å². The summed E-state index contributed by atoms with van der Waals surface area (Å²) in [6.45, 7) is 10.4. The van der Waals surface area contributed by atoms with Gasteiger partial charge in [0.05, 0.1) is 0 Å². The minimum atomic E-state index is 0.380. The van der Waals surface area contributed by atoms with Crippen molar-refractivity contribution in [2.75, 3.05) is 26.7 Å². The zero-order valence-corrected chi connectivity index (χ0v) is 13.2. The van der Waals surface area contributed by atoms with Crippen molar-refractivity contribution in [3.63, 3.8) is 0 Å². The van der Waals surface area contributed by atoms with Crippen molar-refractivity contribution < 1.29 is 0 Å². The summed E-state index contributed by atoms with van der Waals surface area (Å²) in [6, 6.07) is 8.88. The van der Waals surface area contributed by atoms with E-state index in [2.05, 4.69) is 63.6 Å². The average Bonchev–Trinajstić information content (AvgIpc) is 2.41. The highest BCUT2D eigenvalue weighted by Crippen LogP contribution is 2.19. The molecule has 0 spiro atoms. The molecule has 0 amide bonds. The van der Waals surface area contributed by atoms with Gasteiger partial charge in [-0.15, -0.1) is 13.2 Å². The number of hydrogen-bond donors (Lipinski definition) is 1. The number of nitrogens with zero attached hydrogens (tertiary/aromatic N) is 1. The molecule has 0 heterocycles. The first-order valence-electron chi connectivity index (χ1n) is 6.58. The highest BCUT2D eigenvalue weighted by molar-refractivity contribution is 9.10. The summed E-state index contributed by atoms with van der Waals surface area (Å²) >= 11 is 3.47. The van der Waals surface area contributed by atoms with Crippen LogP contribution in [0, 0.1) is 0 Å². The molecule has 1 N–H and O–H groups in total. The van der Waals surface area contributed by atoms with E-state index < -0.39 is 0 Å². The SMILES string of the molecule is C=CCN(CC=C)CCC(NC)c1ccc(Br)cc1. The van der Waals surface area contributed by atoms with Crippen LogP contribution >= 0.6 is 15.9 Å². The smallest absolute Gasteiger partial charge is 0.0329 e. The summed E-state index contributed by atoms with van der Waals surface area (Å²) in [6.07, 6.45) is 4.95. The molecule has 0 fully saturated rings. The Kier molecular flexibility index (Phi) is 7.72. The predicted molar refractivity (Wildman–Crippen MR) is 87.4 cm³/mol. The molecule has 1 unspecified atom stereocenters. The minimum absolute atomic E-state index is 0.380. The van der Waals surface area contributed by atoms with Crippen molar-refractivity contribution in [1.29, 1.82) is 0 Å². The van der Waals surface area contributed by atoms with Gasteiger partial charge >= 0.3 is 0 Å². The van der Waals surface area contributed by atoms with E-state index in [1.165, 1.54) is 5.56 Å². The fourth-order valence-electron chi connectivity index (χ4n) is 2.11. The molecule has 0 bridgehead atoms. The molecule has 0 saturated carbocycles. The van der Waals surface area contributed by atoms with Gasteiger partial charge in [0, 0.05) is 30.1 Å². The van der Waals surface area contributed by atoms with Crippen LogP contribution in [0.25, 0.3) is 0 Å². The monoisotopic (exact) mass is 322 g/mol.